The van der Waals surface area contributed by atoms with Gasteiger partial charge in [0.1, 0.15) is 5.82 Å². The summed E-state index contributed by atoms with van der Waals surface area (Å²) in [5, 5.41) is 9.06. The van der Waals surface area contributed by atoms with Crippen molar-refractivity contribution in [1.29, 1.82) is 0 Å². The Balaban J connectivity index is 2.72. The second-order valence-corrected chi connectivity index (χ2v) is 5.06. The number of halogens is 1. The van der Waals surface area contributed by atoms with Crippen LogP contribution in [0.2, 0.25) is 0 Å². The molecule has 0 spiro atoms. The Hall–Kier alpha value is -1.42. The fourth-order valence-corrected chi connectivity index (χ4v) is 2.13. The molecule has 0 aliphatic rings. The van der Waals surface area contributed by atoms with E-state index in [0.717, 1.165) is 31.2 Å². The van der Waals surface area contributed by atoms with E-state index in [-0.39, 0.29) is 24.6 Å². The molecule has 0 aromatic heterocycles. The standard InChI is InChI=1S/C16H24FNO2/c1-3-4-5-6-9-18(10-11-19)16(20)14-8-7-13(2)12-15(14)17/h7-8,12,19H,3-6,9-11H2,1-2H3. The van der Waals surface area contributed by atoms with E-state index in [9.17, 15) is 9.18 Å². The molecule has 0 saturated carbocycles. The summed E-state index contributed by atoms with van der Waals surface area (Å²) in [6.07, 6.45) is 4.18. The van der Waals surface area contributed by atoms with E-state index >= 15 is 0 Å². The molecule has 0 atom stereocenters. The number of benzene rings is 1. The summed E-state index contributed by atoms with van der Waals surface area (Å²) in [4.78, 5) is 13.8. The van der Waals surface area contributed by atoms with Gasteiger partial charge in [-0.05, 0) is 31.0 Å². The van der Waals surface area contributed by atoms with Crippen LogP contribution >= 0.6 is 0 Å². The van der Waals surface area contributed by atoms with Crippen LogP contribution in [-0.2, 0) is 0 Å². The number of unbranched alkanes of at least 4 members (excludes halogenated alkanes) is 3. The van der Waals surface area contributed by atoms with Crippen LogP contribution in [-0.4, -0.2) is 35.6 Å². The van der Waals surface area contributed by atoms with Crippen molar-refractivity contribution in [2.24, 2.45) is 0 Å². The zero-order valence-electron chi connectivity index (χ0n) is 12.4. The lowest BCUT2D eigenvalue weighted by Crippen LogP contribution is -2.35. The molecule has 0 heterocycles. The van der Waals surface area contributed by atoms with Gasteiger partial charge in [0.25, 0.3) is 5.91 Å². The maximum Gasteiger partial charge on any atom is 0.256 e. The number of carbonyl (C=O) groups excluding carboxylic acids is 1. The third kappa shape index (κ3) is 4.93. The van der Waals surface area contributed by atoms with Crippen LogP contribution in [0.15, 0.2) is 18.2 Å². The molecule has 0 radical (unpaired) electrons. The van der Waals surface area contributed by atoms with Crippen molar-refractivity contribution in [3.8, 4) is 0 Å². The van der Waals surface area contributed by atoms with Gasteiger partial charge in [-0.15, -0.1) is 0 Å². The zero-order valence-corrected chi connectivity index (χ0v) is 12.4. The topological polar surface area (TPSA) is 40.5 Å². The van der Waals surface area contributed by atoms with Crippen LogP contribution in [0.25, 0.3) is 0 Å². The molecule has 1 rings (SSSR count). The van der Waals surface area contributed by atoms with E-state index in [1.807, 2.05) is 0 Å². The SMILES string of the molecule is CCCCCCN(CCO)C(=O)c1ccc(C)cc1F. The van der Waals surface area contributed by atoms with Gasteiger partial charge in [-0.1, -0.05) is 32.3 Å². The van der Waals surface area contributed by atoms with Gasteiger partial charge in [-0.3, -0.25) is 4.79 Å². The molecular weight excluding hydrogens is 257 g/mol. The van der Waals surface area contributed by atoms with Gasteiger partial charge in [0.2, 0.25) is 0 Å². The third-order valence-corrected chi connectivity index (χ3v) is 3.29. The Bertz CT molecular complexity index is 434. The minimum atomic E-state index is -0.494. The van der Waals surface area contributed by atoms with Crippen molar-refractivity contribution in [3.63, 3.8) is 0 Å². The number of aryl methyl sites for hydroxylation is 1. The Morgan fingerprint density at radius 2 is 2.00 bits per heavy atom. The highest BCUT2D eigenvalue weighted by Crippen LogP contribution is 2.13. The summed E-state index contributed by atoms with van der Waals surface area (Å²) >= 11 is 0. The van der Waals surface area contributed by atoms with Crippen molar-refractivity contribution in [2.75, 3.05) is 19.7 Å². The number of nitrogens with zero attached hydrogens (tertiary/aromatic N) is 1. The highest BCUT2D eigenvalue weighted by atomic mass is 19.1. The predicted molar refractivity (Wildman–Crippen MR) is 78.3 cm³/mol. The molecule has 20 heavy (non-hydrogen) atoms. The van der Waals surface area contributed by atoms with E-state index in [1.54, 1.807) is 13.0 Å². The molecule has 1 N–H and O–H groups in total. The molecule has 0 unspecified atom stereocenters. The Labute approximate surface area is 120 Å². The first-order valence-electron chi connectivity index (χ1n) is 7.26. The second-order valence-electron chi connectivity index (χ2n) is 5.06. The van der Waals surface area contributed by atoms with Gasteiger partial charge in [0, 0.05) is 13.1 Å². The normalized spacial score (nSPS) is 10.6. The number of hydrogen-bond donors (Lipinski definition) is 1. The second kappa shape index (κ2) is 8.69. The first-order chi connectivity index (χ1) is 9.60. The number of amides is 1. The van der Waals surface area contributed by atoms with Crippen LogP contribution in [0, 0.1) is 12.7 Å². The van der Waals surface area contributed by atoms with E-state index in [0.29, 0.717) is 6.54 Å². The monoisotopic (exact) mass is 281 g/mol. The minimum absolute atomic E-state index is 0.0829. The molecule has 0 saturated heterocycles. The van der Waals surface area contributed by atoms with Crippen LogP contribution in [0.3, 0.4) is 0 Å². The van der Waals surface area contributed by atoms with Crippen LogP contribution in [0.4, 0.5) is 4.39 Å². The van der Waals surface area contributed by atoms with Gasteiger partial charge in [-0.25, -0.2) is 4.39 Å². The lowest BCUT2D eigenvalue weighted by molar-refractivity contribution is 0.0713. The molecule has 0 aliphatic carbocycles. The van der Waals surface area contributed by atoms with Crippen molar-refractivity contribution in [1.82, 2.24) is 4.90 Å². The molecule has 4 heteroatoms. The third-order valence-electron chi connectivity index (χ3n) is 3.29. The Morgan fingerprint density at radius 3 is 2.60 bits per heavy atom. The van der Waals surface area contributed by atoms with Gasteiger partial charge in [0.05, 0.1) is 12.2 Å². The van der Waals surface area contributed by atoms with E-state index in [1.165, 1.54) is 17.0 Å². The highest BCUT2D eigenvalue weighted by molar-refractivity contribution is 5.94. The largest absolute Gasteiger partial charge is 0.395 e. The van der Waals surface area contributed by atoms with Gasteiger partial charge in [-0.2, -0.15) is 0 Å². The number of aliphatic hydroxyl groups excluding tert-OH is 1. The smallest absolute Gasteiger partial charge is 0.256 e. The summed E-state index contributed by atoms with van der Waals surface area (Å²) in [5.41, 5.74) is 0.871. The lowest BCUT2D eigenvalue weighted by Gasteiger charge is -2.22. The summed E-state index contributed by atoms with van der Waals surface area (Å²) in [5.74, 6) is -0.834. The summed E-state index contributed by atoms with van der Waals surface area (Å²) < 4.78 is 13.8. The summed E-state index contributed by atoms with van der Waals surface area (Å²) in [6.45, 7) is 4.61. The average Bonchev–Trinajstić information content (AvgIpc) is 2.41. The van der Waals surface area contributed by atoms with Crippen LogP contribution in [0.5, 0.6) is 0 Å². The number of aliphatic hydroxyl groups is 1. The van der Waals surface area contributed by atoms with Crippen molar-refractivity contribution >= 4 is 5.91 Å². The first-order valence-corrected chi connectivity index (χ1v) is 7.26. The quantitative estimate of drug-likeness (QED) is 0.744. The van der Waals surface area contributed by atoms with E-state index in [4.69, 9.17) is 5.11 Å². The van der Waals surface area contributed by atoms with Crippen molar-refractivity contribution < 1.29 is 14.3 Å². The van der Waals surface area contributed by atoms with Gasteiger partial charge < -0.3 is 10.0 Å². The number of rotatable bonds is 8. The van der Waals surface area contributed by atoms with Crippen molar-refractivity contribution in [3.05, 3.63) is 35.1 Å². The summed E-state index contributed by atoms with van der Waals surface area (Å²) in [7, 11) is 0. The molecule has 1 aromatic rings. The molecule has 1 aromatic carbocycles. The highest BCUT2D eigenvalue weighted by Gasteiger charge is 2.18. The molecule has 112 valence electrons. The van der Waals surface area contributed by atoms with Crippen LogP contribution < -0.4 is 0 Å². The zero-order chi connectivity index (χ0) is 15.0. The summed E-state index contributed by atoms with van der Waals surface area (Å²) in [6, 6.07) is 4.61. The predicted octanol–water partition coefficient (Wildman–Crippen LogP) is 3.15. The minimum Gasteiger partial charge on any atom is -0.395 e. The molecule has 0 fully saturated rings. The van der Waals surface area contributed by atoms with E-state index < -0.39 is 5.82 Å². The molecular formula is C16H24FNO2. The Kier molecular flexibility index (Phi) is 7.23. The van der Waals surface area contributed by atoms with Crippen LogP contribution in [0.1, 0.15) is 48.5 Å². The van der Waals surface area contributed by atoms with E-state index in [2.05, 4.69) is 6.92 Å². The molecule has 0 aliphatic heterocycles. The number of carbonyl (C=O) groups is 1. The van der Waals surface area contributed by atoms with Gasteiger partial charge in [0.15, 0.2) is 0 Å². The Morgan fingerprint density at radius 1 is 1.25 bits per heavy atom. The van der Waals surface area contributed by atoms with Gasteiger partial charge >= 0.3 is 0 Å². The molecule has 1 amide bonds. The fourth-order valence-electron chi connectivity index (χ4n) is 2.13. The maximum absolute atomic E-state index is 13.8. The molecule has 0 bridgehead atoms. The number of hydrogen-bond acceptors (Lipinski definition) is 2. The first kappa shape index (κ1) is 16.6. The maximum atomic E-state index is 13.8. The van der Waals surface area contributed by atoms with Crippen molar-refractivity contribution in [2.45, 2.75) is 39.5 Å². The fraction of sp³-hybridized carbons (Fsp3) is 0.562. The average molecular weight is 281 g/mol. The molecule has 3 nitrogen and oxygen atoms in total. The lowest BCUT2D eigenvalue weighted by atomic mass is 10.1.